The van der Waals surface area contributed by atoms with Crippen LogP contribution >= 0.6 is 0 Å². The van der Waals surface area contributed by atoms with Crippen LogP contribution in [0, 0.1) is 6.92 Å². The van der Waals surface area contributed by atoms with Crippen LogP contribution in [0.1, 0.15) is 29.9 Å². The van der Waals surface area contributed by atoms with Crippen molar-refractivity contribution in [3.8, 4) is 0 Å². The minimum Gasteiger partial charge on any atom is -0.372 e. The highest BCUT2D eigenvalue weighted by molar-refractivity contribution is 5.95. The molecule has 0 aliphatic carbocycles. The van der Waals surface area contributed by atoms with Crippen LogP contribution in [0.5, 0.6) is 0 Å². The fourth-order valence-corrected chi connectivity index (χ4v) is 2.32. The summed E-state index contributed by atoms with van der Waals surface area (Å²) < 4.78 is 7.30. The summed E-state index contributed by atoms with van der Waals surface area (Å²) in [5.41, 5.74) is 1.47. The molecule has 1 aliphatic rings. The quantitative estimate of drug-likeness (QED) is 0.731. The number of aryl methyl sites for hydroxylation is 2. The number of morpholine rings is 1. The van der Waals surface area contributed by atoms with Gasteiger partial charge in [0.2, 0.25) is 0 Å². The molecular formula is C12H19N3O2. The Kier molecular flexibility index (Phi) is 3.19. The van der Waals surface area contributed by atoms with E-state index in [4.69, 9.17) is 4.74 Å². The van der Waals surface area contributed by atoms with Crippen molar-refractivity contribution in [1.82, 2.24) is 14.7 Å². The van der Waals surface area contributed by atoms with E-state index in [1.54, 1.807) is 10.9 Å². The normalized spacial score (nSPS) is 25.1. The first-order valence-electron chi connectivity index (χ1n) is 5.92. The van der Waals surface area contributed by atoms with Crippen molar-refractivity contribution in [3.05, 3.63) is 17.5 Å². The maximum Gasteiger partial charge on any atom is 0.257 e. The molecule has 0 N–H and O–H groups in total. The number of amides is 1. The molecule has 0 radical (unpaired) electrons. The molecule has 1 aromatic heterocycles. The lowest BCUT2D eigenvalue weighted by molar-refractivity contribution is -0.0586. The van der Waals surface area contributed by atoms with Gasteiger partial charge in [-0.3, -0.25) is 9.48 Å². The highest BCUT2D eigenvalue weighted by atomic mass is 16.5. The van der Waals surface area contributed by atoms with Crippen molar-refractivity contribution in [2.24, 2.45) is 7.05 Å². The van der Waals surface area contributed by atoms with Crippen molar-refractivity contribution in [2.45, 2.75) is 33.0 Å². The Labute approximate surface area is 101 Å². The van der Waals surface area contributed by atoms with Gasteiger partial charge in [0.25, 0.3) is 5.91 Å². The first-order valence-corrected chi connectivity index (χ1v) is 5.92. The van der Waals surface area contributed by atoms with Gasteiger partial charge in [0.05, 0.1) is 23.5 Å². The molecule has 1 aliphatic heterocycles. The minimum absolute atomic E-state index is 0.0533. The van der Waals surface area contributed by atoms with Gasteiger partial charge in [-0.15, -0.1) is 0 Å². The molecule has 1 fully saturated rings. The van der Waals surface area contributed by atoms with Crippen LogP contribution < -0.4 is 0 Å². The van der Waals surface area contributed by atoms with E-state index < -0.39 is 0 Å². The third-order valence-corrected chi connectivity index (χ3v) is 2.95. The summed E-state index contributed by atoms with van der Waals surface area (Å²) in [7, 11) is 1.83. The lowest BCUT2D eigenvalue weighted by Crippen LogP contribution is -2.48. The van der Waals surface area contributed by atoms with Gasteiger partial charge in [0.1, 0.15) is 0 Å². The SMILES string of the molecule is Cc1nn(C)cc1C(=O)N1C[C@@H](C)O[C@H](C)C1. The number of hydrogen-bond acceptors (Lipinski definition) is 3. The van der Waals surface area contributed by atoms with Crippen molar-refractivity contribution < 1.29 is 9.53 Å². The molecule has 2 atom stereocenters. The van der Waals surface area contributed by atoms with E-state index in [0.29, 0.717) is 18.7 Å². The molecule has 5 nitrogen and oxygen atoms in total. The first-order chi connectivity index (χ1) is 7.97. The molecule has 0 unspecified atom stereocenters. The summed E-state index contributed by atoms with van der Waals surface area (Å²) in [5.74, 6) is 0.0533. The number of carbonyl (C=O) groups is 1. The second-order valence-electron chi connectivity index (χ2n) is 4.77. The van der Waals surface area contributed by atoms with Crippen LogP contribution in [-0.2, 0) is 11.8 Å². The van der Waals surface area contributed by atoms with E-state index in [9.17, 15) is 4.79 Å². The maximum atomic E-state index is 12.3. The van der Waals surface area contributed by atoms with Gasteiger partial charge in [0.15, 0.2) is 0 Å². The van der Waals surface area contributed by atoms with Gasteiger partial charge >= 0.3 is 0 Å². The largest absolute Gasteiger partial charge is 0.372 e. The first kappa shape index (κ1) is 12.1. The molecule has 1 saturated heterocycles. The summed E-state index contributed by atoms with van der Waals surface area (Å²) in [5, 5.41) is 4.20. The topological polar surface area (TPSA) is 47.4 Å². The van der Waals surface area contributed by atoms with Crippen molar-refractivity contribution in [3.63, 3.8) is 0 Å². The molecule has 0 bridgehead atoms. The molecule has 17 heavy (non-hydrogen) atoms. The minimum atomic E-state index is 0.0533. The second-order valence-corrected chi connectivity index (χ2v) is 4.77. The summed E-state index contributed by atoms with van der Waals surface area (Å²) in [6.45, 7) is 7.15. The van der Waals surface area contributed by atoms with E-state index in [1.165, 1.54) is 0 Å². The van der Waals surface area contributed by atoms with Crippen LogP contribution in [0.15, 0.2) is 6.20 Å². The van der Waals surface area contributed by atoms with Crippen molar-refractivity contribution in [1.29, 1.82) is 0 Å². The monoisotopic (exact) mass is 237 g/mol. The number of nitrogens with zero attached hydrogens (tertiary/aromatic N) is 3. The van der Waals surface area contributed by atoms with Gasteiger partial charge in [-0.1, -0.05) is 0 Å². The molecule has 0 aromatic carbocycles. The Morgan fingerprint density at radius 2 is 2.00 bits per heavy atom. The average Bonchev–Trinajstić information content (AvgIpc) is 2.55. The number of hydrogen-bond donors (Lipinski definition) is 0. The van der Waals surface area contributed by atoms with Crippen LogP contribution in [0.4, 0.5) is 0 Å². The van der Waals surface area contributed by atoms with Gasteiger partial charge in [-0.25, -0.2) is 0 Å². The smallest absolute Gasteiger partial charge is 0.257 e. The third-order valence-electron chi connectivity index (χ3n) is 2.95. The average molecular weight is 237 g/mol. The van der Waals surface area contributed by atoms with E-state index in [-0.39, 0.29) is 18.1 Å². The zero-order chi connectivity index (χ0) is 12.6. The molecule has 0 spiro atoms. The highest BCUT2D eigenvalue weighted by Crippen LogP contribution is 2.15. The summed E-state index contributed by atoms with van der Waals surface area (Å²) >= 11 is 0. The Morgan fingerprint density at radius 3 is 2.47 bits per heavy atom. The van der Waals surface area contributed by atoms with Crippen LogP contribution in [0.3, 0.4) is 0 Å². The van der Waals surface area contributed by atoms with Crippen molar-refractivity contribution >= 4 is 5.91 Å². The van der Waals surface area contributed by atoms with Gasteiger partial charge < -0.3 is 9.64 Å². The Balaban J connectivity index is 2.17. The molecule has 0 saturated carbocycles. The zero-order valence-corrected chi connectivity index (χ0v) is 10.8. The lowest BCUT2D eigenvalue weighted by Gasteiger charge is -2.35. The van der Waals surface area contributed by atoms with E-state index in [0.717, 1.165) is 5.69 Å². The number of rotatable bonds is 1. The van der Waals surface area contributed by atoms with Gasteiger partial charge in [-0.05, 0) is 20.8 Å². The molecule has 2 rings (SSSR count). The van der Waals surface area contributed by atoms with Crippen LogP contribution in [0.25, 0.3) is 0 Å². The predicted molar refractivity (Wildman–Crippen MR) is 63.9 cm³/mol. The molecule has 5 heteroatoms. The van der Waals surface area contributed by atoms with Crippen LogP contribution in [-0.4, -0.2) is 45.9 Å². The standard InChI is InChI=1S/C12H19N3O2/c1-8-5-15(6-9(2)17-8)12(16)11-7-14(4)13-10(11)3/h7-9H,5-6H2,1-4H3/t8-,9-/m1/s1. The Morgan fingerprint density at radius 1 is 1.41 bits per heavy atom. The second kappa shape index (κ2) is 4.49. The fraction of sp³-hybridized carbons (Fsp3) is 0.667. The van der Waals surface area contributed by atoms with E-state index in [2.05, 4.69) is 5.10 Å². The van der Waals surface area contributed by atoms with E-state index >= 15 is 0 Å². The number of ether oxygens (including phenoxy) is 1. The molecule has 1 aromatic rings. The maximum absolute atomic E-state index is 12.3. The van der Waals surface area contributed by atoms with Crippen LogP contribution in [0.2, 0.25) is 0 Å². The molecule has 1 amide bonds. The molecular weight excluding hydrogens is 218 g/mol. The van der Waals surface area contributed by atoms with Crippen molar-refractivity contribution in [2.75, 3.05) is 13.1 Å². The van der Waals surface area contributed by atoms with Gasteiger partial charge in [-0.2, -0.15) is 5.10 Å². The Bertz CT molecular complexity index is 417. The molecule has 2 heterocycles. The van der Waals surface area contributed by atoms with Gasteiger partial charge in [0, 0.05) is 26.3 Å². The lowest BCUT2D eigenvalue weighted by atomic mass is 10.2. The fourth-order valence-electron chi connectivity index (χ4n) is 2.32. The Hall–Kier alpha value is -1.36. The highest BCUT2D eigenvalue weighted by Gasteiger charge is 2.28. The zero-order valence-electron chi connectivity index (χ0n) is 10.8. The number of carbonyl (C=O) groups excluding carboxylic acids is 1. The molecule has 94 valence electrons. The predicted octanol–water partition coefficient (Wildman–Crippen LogP) is 0.978. The summed E-state index contributed by atoms with van der Waals surface area (Å²) in [6.07, 6.45) is 1.97. The third kappa shape index (κ3) is 2.49. The summed E-state index contributed by atoms with van der Waals surface area (Å²) in [4.78, 5) is 14.2. The van der Waals surface area contributed by atoms with E-state index in [1.807, 2.05) is 32.7 Å². The number of aromatic nitrogens is 2. The summed E-state index contributed by atoms with van der Waals surface area (Å²) in [6, 6.07) is 0.